The first kappa shape index (κ1) is 12.3. The first-order valence-electron chi connectivity index (χ1n) is 6.06. The molecule has 0 unspecified atom stereocenters. The van der Waals surface area contributed by atoms with Gasteiger partial charge < -0.3 is 5.32 Å². The Hall–Kier alpha value is -1.19. The molecule has 1 aromatic carbocycles. The molecule has 0 fully saturated rings. The molecular formula is C14H18N2S. The maximum absolute atomic E-state index is 4.46. The van der Waals surface area contributed by atoms with Gasteiger partial charge in [-0.25, -0.2) is 4.98 Å². The lowest BCUT2D eigenvalue weighted by Crippen LogP contribution is -2.10. The summed E-state index contributed by atoms with van der Waals surface area (Å²) in [6.07, 6.45) is 4.11. The standard InChI is InChI=1S/C14H18N2S/c1-2-15-10-13-11-16-14(17-13)9-8-12-6-4-3-5-7-12/h3-7,11,15H,2,8-10H2,1H3. The zero-order valence-electron chi connectivity index (χ0n) is 10.1. The van der Waals surface area contributed by atoms with Crippen LogP contribution >= 0.6 is 11.3 Å². The quantitative estimate of drug-likeness (QED) is 0.847. The molecule has 0 saturated heterocycles. The zero-order valence-corrected chi connectivity index (χ0v) is 11.0. The van der Waals surface area contributed by atoms with Crippen LogP contribution in [0.15, 0.2) is 36.5 Å². The predicted octanol–water partition coefficient (Wildman–Crippen LogP) is 3.04. The summed E-state index contributed by atoms with van der Waals surface area (Å²) < 4.78 is 0. The molecule has 17 heavy (non-hydrogen) atoms. The number of thiazole rings is 1. The minimum atomic E-state index is 0.944. The highest BCUT2D eigenvalue weighted by atomic mass is 32.1. The molecule has 0 aliphatic heterocycles. The van der Waals surface area contributed by atoms with E-state index in [0.29, 0.717) is 0 Å². The van der Waals surface area contributed by atoms with E-state index in [1.54, 1.807) is 0 Å². The number of benzene rings is 1. The lowest BCUT2D eigenvalue weighted by Gasteiger charge is -1.98. The summed E-state index contributed by atoms with van der Waals surface area (Å²) in [6, 6.07) is 10.6. The van der Waals surface area contributed by atoms with E-state index < -0.39 is 0 Å². The number of aromatic nitrogens is 1. The zero-order chi connectivity index (χ0) is 11.9. The van der Waals surface area contributed by atoms with E-state index in [0.717, 1.165) is 25.9 Å². The molecule has 0 spiro atoms. The molecule has 0 aliphatic carbocycles. The Morgan fingerprint density at radius 2 is 2.00 bits per heavy atom. The topological polar surface area (TPSA) is 24.9 Å². The van der Waals surface area contributed by atoms with Crippen LogP contribution in [0.3, 0.4) is 0 Å². The smallest absolute Gasteiger partial charge is 0.0931 e. The first-order valence-corrected chi connectivity index (χ1v) is 6.88. The van der Waals surface area contributed by atoms with Gasteiger partial charge in [0, 0.05) is 24.0 Å². The first-order chi connectivity index (χ1) is 8.38. The second kappa shape index (κ2) is 6.52. The van der Waals surface area contributed by atoms with Gasteiger partial charge in [-0.1, -0.05) is 37.3 Å². The van der Waals surface area contributed by atoms with Gasteiger partial charge in [0.25, 0.3) is 0 Å². The van der Waals surface area contributed by atoms with Gasteiger partial charge >= 0.3 is 0 Å². The molecular weight excluding hydrogens is 228 g/mol. The molecule has 0 atom stereocenters. The molecule has 0 saturated carbocycles. The third kappa shape index (κ3) is 3.95. The van der Waals surface area contributed by atoms with Crippen LogP contribution in [0.2, 0.25) is 0 Å². The minimum absolute atomic E-state index is 0.944. The van der Waals surface area contributed by atoms with Crippen LogP contribution in [-0.4, -0.2) is 11.5 Å². The molecule has 1 N–H and O–H groups in total. The fourth-order valence-electron chi connectivity index (χ4n) is 1.69. The Morgan fingerprint density at radius 3 is 2.76 bits per heavy atom. The third-order valence-electron chi connectivity index (χ3n) is 2.62. The number of hydrogen-bond acceptors (Lipinski definition) is 3. The summed E-state index contributed by atoms with van der Waals surface area (Å²) in [4.78, 5) is 5.79. The molecule has 0 bridgehead atoms. The van der Waals surface area contributed by atoms with Crippen molar-refractivity contribution in [2.45, 2.75) is 26.3 Å². The number of rotatable bonds is 6. The highest BCUT2D eigenvalue weighted by Gasteiger charge is 2.02. The summed E-state index contributed by atoms with van der Waals surface area (Å²) in [6.45, 7) is 4.08. The van der Waals surface area contributed by atoms with E-state index in [1.807, 2.05) is 17.5 Å². The van der Waals surface area contributed by atoms with E-state index in [1.165, 1.54) is 15.4 Å². The summed E-state index contributed by atoms with van der Waals surface area (Å²) in [5.74, 6) is 0. The van der Waals surface area contributed by atoms with Crippen LogP contribution < -0.4 is 5.32 Å². The number of hydrogen-bond donors (Lipinski definition) is 1. The highest BCUT2D eigenvalue weighted by molar-refractivity contribution is 7.11. The number of nitrogens with zero attached hydrogens (tertiary/aromatic N) is 1. The second-order valence-electron chi connectivity index (χ2n) is 3.99. The van der Waals surface area contributed by atoms with E-state index in [2.05, 4.69) is 47.6 Å². The average molecular weight is 246 g/mol. The molecule has 2 rings (SSSR count). The van der Waals surface area contributed by atoms with Crippen LogP contribution in [-0.2, 0) is 19.4 Å². The van der Waals surface area contributed by atoms with Crippen LogP contribution in [0.25, 0.3) is 0 Å². The van der Waals surface area contributed by atoms with Crippen molar-refractivity contribution in [1.29, 1.82) is 0 Å². The molecule has 1 aromatic heterocycles. The Balaban J connectivity index is 1.85. The highest BCUT2D eigenvalue weighted by Crippen LogP contribution is 2.15. The van der Waals surface area contributed by atoms with Crippen molar-refractivity contribution >= 4 is 11.3 Å². The summed E-state index contributed by atoms with van der Waals surface area (Å²) in [7, 11) is 0. The third-order valence-corrected chi connectivity index (χ3v) is 3.68. The lowest BCUT2D eigenvalue weighted by molar-refractivity contribution is 0.734. The monoisotopic (exact) mass is 246 g/mol. The van der Waals surface area contributed by atoms with Gasteiger partial charge in [0.2, 0.25) is 0 Å². The van der Waals surface area contributed by atoms with Crippen molar-refractivity contribution in [3.63, 3.8) is 0 Å². The second-order valence-corrected chi connectivity index (χ2v) is 5.19. The fraction of sp³-hybridized carbons (Fsp3) is 0.357. The van der Waals surface area contributed by atoms with Gasteiger partial charge in [0.05, 0.1) is 5.01 Å². The van der Waals surface area contributed by atoms with Crippen LogP contribution in [0.4, 0.5) is 0 Å². The predicted molar refractivity (Wildman–Crippen MR) is 73.3 cm³/mol. The molecule has 3 heteroatoms. The number of aryl methyl sites for hydroxylation is 2. The van der Waals surface area contributed by atoms with Crippen molar-refractivity contribution in [3.8, 4) is 0 Å². The van der Waals surface area contributed by atoms with Crippen LogP contribution in [0, 0.1) is 0 Å². The van der Waals surface area contributed by atoms with Crippen molar-refractivity contribution in [3.05, 3.63) is 52.0 Å². The van der Waals surface area contributed by atoms with Gasteiger partial charge in [-0.05, 0) is 18.5 Å². The van der Waals surface area contributed by atoms with Crippen LogP contribution in [0.5, 0.6) is 0 Å². The normalized spacial score (nSPS) is 10.6. The number of nitrogens with one attached hydrogen (secondary N) is 1. The van der Waals surface area contributed by atoms with Crippen molar-refractivity contribution in [1.82, 2.24) is 10.3 Å². The van der Waals surface area contributed by atoms with Gasteiger partial charge in [0.15, 0.2) is 0 Å². The van der Waals surface area contributed by atoms with Crippen molar-refractivity contribution in [2.24, 2.45) is 0 Å². The van der Waals surface area contributed by atoms with Gasteiger partial charge in [0.1, 0.15) is 0 Å². The molecule has 0 aliphatic rings. The van der Waals surface area contributed by atoms with E-state index in [4.69, 9.17) is 0 Å². The largest absolute Gasteiger partial charge is 0.312 e. The van der Waals surface area contributed by atoms with E-state index >= 15 is 0 Å². The molecule has 0 amide bonds. The van der Waals surface area contributed by atoms with Crippen molar-refractivity contribution in [2.75, 3.05) is 6.54 Å². The van der Waals surface area contributed by atoms with Crippen LogP contribution in [0.1, 0.15) is 22.4 Å². The minimum Gasteiger partial charge on any atom is -0.312 e. The fourth-order valence-corrected chi connectivity index (χ4v) is 2.58. The Bertz CT molecular complexity index is 436. The summed E-state index contributed by atoms with van der Waals surface area (Å²) in [5, 5.41) is 4.56. The molecule has 2 aromatic rings. The Morgan fingerprint density at radius 1 is 1.18 bits per heavy atom. The van der Waals surface area contributed by atoms with Gasteiger partial charge in [-0.3, -0.25) is 0 Å². The van der Waals surface area contributed by atoms with E-state index in [-0.39, 0.29) is 0 Å². The van der Waals surface area contributed by atoms with E-state index in [9.17, 15) is 0 Å². The maximum Gasteiger partial charge on any atom is 0.0931 e. The summed E-state index contributed by atoms with van der Waals surface area (Å²) in [5.41, 5.74) is 1.39. The lowest BCUT2D eigenvalue weighted by atomic mass is 10.1. The Labute approximate surface area is 107 Å². The molecule has 0 radical (unpaired) electrons. The average Bonchev–Trinajstić information content (AvgIpc) is 2.83. The van der Waals surface area contributed by atoms with Crippen molar-refractivity contribution < 1.29 is 0 Å². The van der Waals surface area contributed by atoms with Gasteiger partial charge in [-0.2, -0.15) is 0 Å². The SMILES string of the molecule is CCNCc1cnc(CCc2ccccc2)s1. The summed E-state index contributed by atoms with van der Waals surface area (Å²) >= 11 is 1.82. The molecule has 1 heterocycles. The Kier molecular flexibility index (Phi) is 4.71. The maximum atomic E-state index is 4.46. The van der Waals surface area contributed by atoms with Gasteiger partial charge in [-0.15, -0.1) is 11.3 Å². The molecule has 90 valence electrons. The molecule has 2 nitrogen and oxygen atoms in total.